The maximum absolute atomic E-state index is 4.34. The van der Waals surface area contributed by atoms with Gasteiger partial charge in [-0.15, -0.1) is 11.8 Å². The fourth-order valence-corrected chi connectivity index (χ4v) is 1.91. The molecule has 0 aromatic carbocycles. The molecule has 58 valence electrons. The quantitative estimate of drug-likeness (QED) is 0.617. The molecule has 0 aliphatic carbocycles. The van der Waals surface area contributed by atoms with Gasteiger partial charge in [0, 0.05) is 5.75 Å². The first-order chi connectivity index (χ1) is 4.88. The summed E-state index contributed by atoms with van der Waals surface area (Å²) < 4.78 is 0. The van der Waals surface area contributed by atoms with Crippen LogP contribution in [0.3, 0.4) is 0 Å². The summed E-state index contributed by atoms with van der Waals surface area (Å²) in [4.78, 5) is 6.71. The number of hydrogen-bond donors (Lipinski definition) is 0. The van der Waals surface area contributed by atoms with Gasteiger partial charge in [0.15, 0.2) is 0 Å². The van der Waals surface area contributed by atoms with E-state index < -0.39 is 0 Å². The lowest BCUT2D eigenvalue weighted by molar-refractivity contribution is 0.245. The lowest BCUT2D eigenvalue weighted by atomic mass is 10.4. The third kappa shape index (κ3) is 1.73. The molecule has 0 saturated carbocycles. The smallest absolute Gasteiger partial charge is 0.112 e. The first kappa shape index (κ1) is 8.08. The zero-order valence-corrected chi connectivity index (χ0v) is 7.40. The average molecular weight is 158 g/mol. The van der Waals surface area contributed by atoms with Crippen molar-refractivity contribution in [3.63, 3.8) is 0 Å². The predicted octanol–water partition coefficient (Wildman–Crippen LogP) is 1.43. The Bertz CT molecular complexity index is 121. The summed E-state index contributed by atoms with van der Waals surface area (Å²) in [6.45, 7) is 6.59. The van der Waals surface area contributed by atoms with Crippen LogP contribution < -0.4 is 0 Å². The first-order valence-electron chi connectivity index (χ1n) is 3.75. The van der Waals surface area contributed by atoms with Crippen LogP contribution in [0.4, 0.5) is 0 Å². The van der Waals surface area contributed by atoms with Crippen LogP contribution in [0, 0.1) is 0 Å². The maximum atomic E-state index is 4.34. The second kappa shape index (κ2) is 3.98. The molecule has 0 N–H and O–H groups in total. The maximum Gasteiger partial charge on any atom is 0.112 e. The molecule has 3 heteroatoms. The van der Waals surface area contributed by atoms with Crippen molar-refractivity contribution < 1.29 is 0 Å². The van der Waals surface area contributed by atoms with Gasteiger partial charge in [-0.2, -0.15) is 0 Å². The van der Waals surface area contributed by atoms with E-state index in [9.17, 15) is 0 Å². The van der Waals surface area contributed by atoms with Crippen molar-refractivity contribution in [1.29, 1.82) is 0 Å². The summed E-state index contributed by atoms with van der Waals surface area (Å²) in [6.07, 6.45) is 0.458. The number of thioether (sulfide) groups is 1. The average Bonchev–Trinajstić information content (AvgIpc) is 2.43. The molecule has 0 amide bonds. The number of hydrogen-bond acceptors (Lipinski definition) is 3. The largest absolute Gasteiger partial charge is 0.282 e. The summed E-state index contributed by atoms with van der Waals surface area (Å²) >= 11 is 1.81. The number of aliphatic imine (C=N–C) groups is 1. The van der Waals surface area contributed by atoms with Crippen LogP contribution in [-0.4, -0.2) is 35.5 Å². The molecule has 0 radical (unpaired) electrons. The molecule has 2 nitrogen and oxygen atoms in total. The second-order valence-electron chi connectivity index (χ2n) is 2.29. The summed E-state index contributed by atoms with van der Waals surface area (Å²) in [7, 11) is 0. The van der Waals surface area contributed by atoms with Gasteiger partial charge in [0.05, 0.1) is 5.55 Å². The standard InChI is InChI=1S/C7H14N2S/c1-3-9(4-2)7-5-10-6-8-7/h6-7H,3-5H2,1-2H3. The van der Waals surface area contributed by atoms with E-state index in [4.69, 9.17) is 0 Å². The van der Waals surface area contributed by atoms with Crippen molar-refractivity contribution in [3.8, 4) is 0 Å². The van der Waals surface area contributed by atoms with Crippen LogP contribution in [0.5, 0.6) is 0 Å². The zero-order chi connectivity index (χ0) is 7.40. The van der Waals surface area contributed by atoms with E-state index in [-0.39, 0.29) is 0 Å². The van der Waals surface area contributed by atoms with Gasteiger partial charge in [0.2, 0.25) is 0 Å². The molecule has 0 spiro atoms. The Morgan fingerprint density at radius 2 is 2.30 bits per heavy atom. The van der Waals surface area contributed by atoms with Gasteiger partial charge >= 0.3 is 0 Å². The monoisotopic (exact) mass is 158 g/mol. The number of nitrogens with zero attached hydrogens (tertiary/aromatic N) is 2. The van der Waals surface area contributed by atoms with Crippen LogP contribution >= 0.6 is 11.8 Å². The molecular formula is C7H14N2S. The third-order valence-electron chi connectivity index (χ3n) is 1.79. The Kier molecular flexibility index (Phi) is 3.22. The molecule has 0 aromatic rings. The highest BCUT2D eigenvalue weighted by molar-refractivity contribution is 8.12. The third-order valence-corrected chi connectivity index (χ3v) is 2.55. The van der Waals surface area contributed by atoms with Crippen LogP contribution in [0.25, 0.3) is 0 Å². The Labute approximate surface area is 66.7 Å². The van der Waals surface area contributed by atoms with Gasteiger partial charge in [-0.25, -0.2) is 0 Å². The van der Waals surface area contributed by atoms with E-state index in [1.165, 1.54) is 0 Å². The SMILES string of the molecule is CCN(CC)C1CSC=N1. The van der Waals surface area contributed by atoms with Crippen molar-refractivity contribution in [2.75, 3.05) is 18.8 Å². The Morgan fingerprint density at radius 1 is 1.60 bits per heavy atom. The lowest BCUT2D eigenvalue weighted by Crippen LogP contribution is -2.33. The molecular weight excluding hydrogens is 144 g/mol. The number of rotatable bonds is 3. The van der Waals surface area contributed by atoms with Gasteiger partial charge in [-0.1, -0.05) is 13.8 Å². The molecule has 10 heavy (non-hydrogen) atoms. The molecule has 1 atom stereocenters. The fraction of sp³-hybridized carbons (Fsp3) is 0.857. The topological polar surface area (TPSA) is 15.6 Å². The summed E-state index contributed by atoms with van der Waals surface area (Å²) in [6, 6.07) is 0. The predicted molar refractivity (Wildman–Crippen MR) is 47.7 cm³/mol. The van der Waals surface area contributed by atoms with E-state index in [1.54, 1.807) is 0 Å². The van der Waals surface area contributed by atoms with Gasteiger partial charge in [-0.05, 0) is 13.1 Å². The fourth-order valence-electron chi connectivity index (χ4n) is 1.13. The van der Waals surface area contributed by atoms with Crippen molar-refractivity contribution in [1.82, 2.24) is 4.90 Å². The molecule has 1 unspecified atom stereocenters. The minimum Gasteiger partial charge on any atom is -0.282 e. The highest BCUT2D eigenvalue weighted by Gasteiger charge is 2.16. The minimum absolute atomic E-state index is 0.458. The van der Waals surface area contributed by atoms with Crippen molar-refractivity contribution in [2.24, 2.45) is 4.99 Å². The van der Waals surface area contributed by atoms with Gasteiger partial charge in [0.1, 0.15) is 6.17 Å². The summed E-state index contributed by atoms with van der Waals surface area (Å²) in [5, 5.41) is 0. The van der Waals surface area contributed by atoms with Gasteiger partial charge < -0.3 is 0 Å². The molecule has 1 aliphatic rings. The van der Waals surface area contributed by atoms with Gasteiger partial charge in [-0.3, -0.25) is 9.89 Å². The zero-order valence-electron chi connectivity index (χ0n) is 6.58. The lowest BCUT2D eigenvalue weighted by Gasteiger charge is -2.22. The second-order valence-corrected chi connectivity index (χ2v) is 3.17. The first-order valence-corrected chi connectivity index (χ1v) is 4.80. The normalized spacial score (nSPS) is 24.5. The van der Waals surface area contributed by atoms with Crippen molar-refractivity contribution >= 4 is 17.3 Å². The summed E-state index contributed by atoms with van der Waals surface area (Å²) in [5.41, 5.74) is 1.96. The van der Waals surface area contributed by atoms with Crippen LogP contribution in [0.1, 0.15) is 13.8 Å². The van der Waals surface area contributed by atoms with Crippen LogP contribution in [-0.2, 0) is 0 Å². The Hall–Kier alpha value is -0.0200. The van der Waals surface area contributed by atoms with E-state index in [1.807, 2.05) is 17.3 Å². The van der Waals surface area contributed by atoms with Crippen molar-refractivity contribution in [2.45, 2.75) is 20.0 Å². The molecule has 1 heterocycles. The van der Waals surface area contributed by atoms with E-state index in [0.717, 1.165) is 18.8 Å². The molecule has 0 bridgehead atoms. The highest BCUT2D eigenvalue weighted by Crippen LogP contribution is 2.14. The molecule has 1 rings (SSSR count). The van der Waals surface area contributed by atoms with Crippen molar-refractivity contribution in [3.05, 3.63) is 0 Å². The van der Waals surface area contributed by atoms with Crippen LogP contribution in [0.2, 0.25) is 0 Å². The molecule has 0 aromatic heterocycles. The molecule has 0 fully saturated rings. The van der Waals surface area contributed by atoms with E-state index in [2.05, 4.69) is 23.7 Å². The van der Waals surface area contributed by atoms with Gasteiger partial charge in [0.25, 0.3) is 0 Å². The highest BCUT2D eigenvalue weighted by atomic mass is 32.2. The van der Waals surface area contributed by atoms with E-state index >= 15 is 0 Å². The van der Waals surface area contributed by atoms with Crippen LogP contribution in [0.15, 0.2) is 4.99 Å². The Morgan fingerprint density at radius 3 is 2.70 bits per heavy atom. The minimum atomic E-state index is 0.458. The summed E-state index contributed by atoms with van der Waals surface area (Å²) in [5.74, 6) is 1.14. The molecule has 1 aliphatic heterocycles. The molecule has 0 saturated heterocycles. The van der Waals surface area contributed by atoms with E-state index in [0.29, 0.717) is 6.17 Å². The Balaban J connectivity index is 2.37.